The van der Waals surface area contributed by atoms with Gasteiger partial charge in [-0.1, -0.05) is 90.4 Å². The summed E-state index contributed by atoms with van der Waals surface area (Å²) in [5.74, 6) is 1.04. The predicted octanol–water partition coefficient (Wildman–Crippen LogP) is 6.98. The number of methoxy groups -OCH3 is 1. The summed E-state index contributed by atoms with van der Waals surface area (Å²) in [6.07, 6.45) is 21.9. The third-order valence-electron chi connectivity index (χ3n) is 5.33. The van der Waals surface area contributed by atoms with Crippen LogP contribution in [0.4, 0.5) is 0 Å². The summed E-state index contributed by atoms with van der Waals surface area (Å²) >= 11 is 1.83. The van der Waals surface area contributed by atoms with Crippen LogP contribution in [0.5, 0.6) is 0 Å². The van der Waals surface area contributed by atoms with E-state index in [-0.39, 0.29) is 6.10 Å². The minimum Gasteiger partial charge on any atom is -0.379 e. The van der Waals surface area contributed by atoms with E-state index in [1.807, 2.05) is 11.8 Å². The lowest BCUT2D eigenvalue weighted by molar-refractivity contribution is -0.00224. The predicted molar refractivity (Wildman–Crippen MR) is 120 cm³/mol. The fraction of sp³-hybridized carbons (Fsp3) is 0.913. The van der Waals surface area contributed by atoms with Crippen LogP contribution in [0.15, 0.2) is 11.6 Å². The van der Waals surface area contributed by atoms with Crippen LogP contribution in [0.25, 0.3) is 0 Å². The third kappa shape index (κ3) is 15.4. The largest absolute Gasteiger partial charge is 0.379 e. The molecule has 0 aromatic heterocycles. The summed E-state index contributed by atoms with van der Waals surface area (Å²) < 4.78 is 11.3. The lowest BCUT2D eigenvalue weighted by Crippen LogP contribution is -2.32. The topological polar surface area (TPSA) is 21.7 Å². The van der Waals surface area contributed by atoms with Crippen molar-refractivity contribution < 1.29 is 9.47 Å². The molecule has 4 heteroatoms. The molecular formula is C23H45NO2S. The average molecular weight is 400 g/mol. The first kappa shape index (κ1) is 24.8. The second-order valence-corrected chi connectivity index (χ2v) is 8.74. The quantitative estimate of drug-likeness (QED) is 0.206. The Balaban J connectivity index is 1.75. The van der Waals surface area contributed by atoms with E-state index in [2.05, 4.69) is 23.4 Å². The van der Waals surface area contributed by atoms with Gasteiger partial charge >= 0.3 is 0 Å². The molecule has 160 valence electrons. The second kappa shape index (κ2) is 19.1. The number of unbranched alkanes of at least 4 members (excludes halogenated alkanes) is 13. The van der Waals surface area contributed by atoms with Gasteiger partial charge in [0.05, 0.1) is 18.6 Å². The van der Waals surface area contributed by atoms with Gasteiger partial charge in [-0.05, 0) is 11.8 Å². The Morgan fingerprint density at radius 2 is 1.41 bits per heavy atom. The van der Waals surface area contributed by atoms with Crippen LogP contribution in [0.1, 0.15) is 96.8 Å². The molecule has 1 heterocycles. The van der Waals surface area contributed by atoms with Gasteiger partial charge in [0, 0.05) is 26.5 Å². The van der Waals surface area contributed by atoms with E-state index in [9.17, 15) is 0 Å². The fourth-order valence-corrected chi connectivity index (χ4v) is 4.22. The smallest absolute Gasteiger partial charge is 0.0979 e. The molecule has 0 amide bonds. The van der Waals surface area contributed by atoms with Gasteiger partial charge in [0.2, 0.25) is 0 Å². The van der Waals surface area contributed by atoms with Gasteiger partial charge in [-0.2, -0.15) is 0 Å². The van der Waals surface area contributed by atoms with Crippen LogP contribution in [0, 0.1) is 0 Å². The third-order valence-corrected chi connectivity index (χ3v) is 6.12. The molecule has 27 heavy (non-hydrogen) atoms. The van der Waals surface area contributed by atoms with Gasteiger partial charge in [-0.3, -0.25) is 0 Å². The summed E-state index contributed by atoms with van der Waals surface area (Å²) in [6, 6.07) is 0. The van der Waals surface area contributed by atoms with Crippen LogP contribution in [-0.2, 0) is 9.47 Å². The van der Waals surface area contributed by atoms with Crippen molar-refractivity contribution in [3.63, 3.8) is 0 Å². The highest BCUT2D eigenvalue weighted by Gasteiger charge is 2.13. The lowest BCUT2D eigenvalue weighted by Gasteiger charge is -2.22. The van der Waals surface area contributed by atoms with Crippen molar-refractivity contribution in [2.24, 2.45) is 0 Å². The zero-order valence-corrected chi connectivity index (χ0v) is 18.9. The summed E-state index contributed by atoms with van der Waals surface area (Å²) in [7, 11) is 1.79. The number of hydrogen-bond donors (Lipinski definition) is 0. The Morgan fingerprint density at radius 1 is 0.852 bits per heavy atom. The normalized spacial score (nSPS) is 15.0. The standard InChI is InChI=1S/C23H45NO2S/c1-3-4-5-6-7-8-9-10-11-12-13-14-15-16-18-26-21-23(25-2)20-24-17-19-27-22-24/h17,19,23H,3-16,18,20-22H2,1-2H3. The molecule has 0 N–H and O–H groups in total. The molecule has 0 saturated heterocycles. The molecule has 0 aromatic rings. The van der Waals surface area contributed by atoms with Crippen LogP contribution in [0.2, 0.25) is 0 Å². The second-order valence-electron chi connectivity index (χ2n) is 7.88. The number of thioether (sulfide) groups is 1. The number of rotatable bonds is 20. The monoisotopic (exact) mass is 399 g/mol. The fourth-order valence-electron chi connectivity index (χ4n) is 3.49. The summed E-state index contributed by atoms with van der Waals surface area (Å²) in [5, 5.41) is 2.14. The molecule has 1 aliphatic heterocycles. The molecular weight excluding hydrogens is 354 g/mol. The molecule has 0 spiro atoms. The van der Waals surface area contributed by atoms with Crippen LogP contribution in [0.3, 0.4) is 0 Å². The first-order valence-electron chi connectivity index (χ1n) is 11.5. The van der Waals surface area contributed by atoms with Gasteiger partial charge in [0.25, 0.3) is 0 Å². The SMILES string of the molecule is CCCCCCCCCCCCCCCCOCC(CN1C=CSC1)OC. The molecule has 0 saturated carbocycles. The summed E-state index contributed by atoms with van der Waals surface area (Å²) in [5.41, 5.74) is 0. The highest BCUT2D eigenvalue weighted by molar-refractivity contribution is 8.02. The average Bonchev–Trinajstić information content (AvgIpc) is 3.19. The van der Waals surface area contributed by atoms with Gasteiger partial charge in [-0.15, -0.1) is 11.8 Å². The van der Waals surface area contributed by atoms with Crippen molar-refractivity contribution in [1.29, 1.82) is 0 Å². The molecule has 0 fully saturated rings. The first-order chi connectivity index (χ1) is 13.4. The maximum atomic E-state index is 5.82. The van der Waals surface area contributed by atoms with E-state index < -0.39 is 0 Å². The van der Waals surface area contributed by atoms with E-state index in [0.29, 0.717) is 6.61 Å². The highest BCUT2D eigenvalue weighted by atomic mass is 32.2. The van der Waals surface area contributed by atoms with Crippen LogP contribution >= 0.6 is 11.8 Å². The summed E-state index contributed by atoms with van der Waals surface area (Å²) in [4.78, 5) is 2.29. The Labute approximate surface area is 173 Å². The van der Waals surface area contributed by atoms with Crippen LogP contribution < -0.4 is 0 Å². The molecule has 3 nitrogen and oxygen atoms in total. The van der Waals surface area contributed by atoms with Crippen LogP contribution in [-0.4, -0.2) is 43.7 Å². The minimum absolute atomic E-state index is 0.181. The number of ether oxygens (including phenoxy) is 2. The Morgan fingerprint density at radius 3 is 1.89 bits per heavy atom. The van der Waals surface area contributed by atoms with Crippen molar-refractivity contribution in [3.8, 4) is 0 Å². The minimum atomic E-state index is 0.181. The van der Waals surface area contributed by atoms with Gasteiger partial charge in [0.15, 0.2) is 0 Å². The van der Waals surface area contributed by atoms with Gasteiger partial charge in [0.1, 0.15) is 0 Å². The van der Waals surface area contributed by atoms with Gasteiger partial charge in [-0.25, -0.2) is 0 Å². The van der Waals surface area contributed by atoms with Crippen molar-refractivity contribution in [2.75, 3.05) is 32.7 Å². The Kier molecular flexibility index (Phi) is 17.6. The first-order valence-corrected chi connectivity index (χ1v) is 12.5. The maximum Gasteiger partial charge on any atom is 0.0979 e. The van der Waals surface area contributed by atoms with E-state index >= 15 is 0 Å². The maximum absolute atomic E-state index is 5.82. The van der Waals surface area contributed by atoms with Crippen molar-refractivity contribution in [3.05, 3.63) is 11.6 Å². The molecule has 1 atom stereocenters. The zero-order chi connectivity index (χ0) is 19.4. The Hall–Kier alpha value is -0.190. The van der Waals surface area contributed by atoms with Crippen molar-refractivity contribution in [2.45, 2.75) is 103 Å². The van der Waals surface area contributed by atoms with E-state index in [0.717, 1.165) is 19.0 Å². The molecule has 1 rings (SSSR count). The van der Waals surface area contributed by atoms with E-state index in [1.165, 1.54) is 89.9 Å². The van der Waals surface area contributed by atoms with E-state index in [1.54, 1.807) is 7.11 Å². The number of nitrogens with zero attached hydrogens (tertiary/aromatic N) is 1. The molecule has 0 aliphatic carbocycles. The molecule has 0 radical (unpaired) electrons. The van der Waals surface area contributed by atoms with Crippen molar-refractivity contribution >= 4 is 11.8 Å². The molecule has 0 aromatic carbocycles. The Bertz CT molecular complexity index is 338. The number of hydrogen-bond acceptors (Lipinski definition) is 4. The van der Waals surface area contributed by atoms with Crippen molar-refractivity contribution in [1.82, 2.24) is 4.90 Å². The lowest BCUT2D eigenvalue weighted by atomic mass is 10.0. The van der Waals surface area contributed by atoms with E-state index in [4.69, 9.17) is 9.47 Å². The molecule has 0 bridgehead atoms. The highest BCUT2D eigenvalue weighted by Crippen LogP contribution is 2.16. The zero-order valence-electron chi connectivity index (χ0n) is 18.1. The van der Waals surface area contributed by atoms with Gasteiger partial charge < -0.3 is 14.4 Å². The summed E-state index contributed by atoms with van der Waals surface area (Å²) in [6.45, 7) is 4.81. The molecule has 1 aliphatic rings. The molecule has 1 unspecified atom stereocenters.